The zero-order chi connectivity index (χ0) is 17.7. The van der Waals surface area contributed by atoms with Crippen LogP contribution in [-0.4, -0.2) is 30.0 Å². The van der Waals surface area contributed by atoms with Crippen molar-refractivity contribution in [1.82, 2.24) is 0 Å². The third-order valence-electron chi connectivity index (χ3n) is 3.86. The van der Waals surface area contributed by atoms with Crippen molar-refractivity contribution in [3.8, 4) is 5.75 Å². The molecule has 128 valence electrons. The van der Waals surface area contributed by atoms with Gasteiger partial charge in [0.25, 0.3) is 0 Å². The molecule has 0 bridgehead atoms. The van der Waals surface area contributed by atoms with Crippen molar-refractivity contribution in [3.05, 3.63) is 30.4 Å². The Kier molecular flexibility index (Phi) is 5.57. The Hall–Kier alpha value is -2.83. The maximum Gasteiger partial charge on any atom is 0.307 e. The number of anilines is 2. The molecule has 0 saturated heterocycles. The summed E-state index contributed by atoms with van der Waals surface area (Å²) in [5.74, 6) is -2.58. The van der Waals surface area contributed by atoms with E-state index in [0.717, 1.165) is 0 Å². The van der Waals surface area contributed by atoms with Gasteiger partial charge in [-0.1, -0.05) is 12.2 Å². The quantitative estimate of drug-likeness (QED) is 0.717. The van der Waals surface area contributed by atoms with Gasteiger partial charge in [0, 0.05) is 12.6 Å². The average molecular weight is 332 g/mol. The fourth-order valence-electron chi connectivity index (χ4n) is 2.69. The summed E-state index contributed by atoms with van der Waals surface area (Å²) in [5, 5.41) is 14.6. The summed E-state index contributed by atoms with van der Waals surface area (Å²) in [7, 11) is 1.46. The van der Waals surface area contributed by atoms with Gasteiger partial charge in [-0.3, -0.25) is 14.4 Å². The van der Waals surface area contributed by atoms with E-state index in [0.29, 0.717) is 30.0 Å². The van der Waals surface area contributed by atoms with Crippen molar-refractivity contribution >= 4 is 29.2 Å². The predicted octanol–water partition coefficient (Wildman–Crippen LogP) is 2.26. The number of aliphatic carboxylic acids is 1. The summed E-state index contributed by atoms with van der Waals surface area (Å²) in [6.45, 7) is 1.38. The van der Waals surface area contributed by atoms with Gasteiger partial charge in [0.05, 0.1) is 24.6 Å². The van der Waals surface area contributed by atoms with E-state index in [1.54, 1.807) is 24.3 Å². The van der Waals surface area contributed by atoms with E-state index < -0.39 is 17.8 Å². The van der Waals surface area contributed by atoms with E-state index in [2.05, 4.69) is 10.6 Å². The predicted molar refractivity (Wildman–Crippen MR) is 88.9 cm³/mol. The monoisotopic (exact) mass is 332 g/mol. The van der Waals surface area contributed by atoms with E-state index in [1.807, 2.05) is 6.08 Å². The Morgan fingerprint density at radius 1 is 1.12 bits per heavy atom. The average Bonchev–Trinajstić information content (AvgIpc) is 2.54. The number of benzene rings is 1. The highest BCUT2D eigenvalue weighted by atomic mass is 16.5. The van der Waals surface area contributed by atoms with Gasteiger partial charge in [0.1, 0.15) is 5.75 Å². The maximum absolute atomic E-state index is 12.5. The lowest BCUT2D eigenvalue weighted by atomic mass is 9.82. The summed E-state index contributed by atoms with van der Waals surface area (Å²) >= 11 is 0. The second kappa shape index (κ2) is 7.63. The molecule has 0 radical (unpaired) electrons. The molecule has 7 nitrogen and oxygen atoms in total. The van der Waals surface area contributed by atoms with Crippen molar-refractivity contribution in [1.29, 1.82) is 0 Å². The minimum Gasteiger partial charge on any atom is -0.495 e. The molecule has 24 heavy (non-hydrogen) atoms. The zero-order valence-corrected chi connectivity index (χ0v) is 13.5. The van der Waals surface area contributed by atoms with E-state index in [-0.39, 0.29) is 11.8 Å². The maximum atomic E-state index is 12.5. The molecule has 0 spiro atoms. The van der Waals surface area contributed by atoms with Gasteiger partial charge in [-0.2, -0.15) is 0 Å². The Morgan fingerprint density at radius 3 is 2.38 bits per heavy atom. The van der Waals surface area contributed by atoms with Crippen LogP contribution in [-0.2, 0) is 14.4 Å². The lowest BCUT2D eigenvalue weighted by Crippen LogP contribution is -2.34. The van der Waals surface area contributed by atoms with Crippen molar-refractivity contribution in [2.75, 3.05) is 17.7 Å². The molecule has 3 N–H and O–H groups in total. The van der Waals surface area contributed by atoms with Crippen LogP contribution < -0.4 is 15.4 Å². The van der Waals surface area contributed by atoms with Crippen LogP contribution in [0, 0.1) is 11.8 Å². The number of ether oxygens (including phenoxy) is 1. The molecule has 1 aromatic carbocycles. The number of carboxylic acids is 1. The molecule has 1 aromatic rings. The Labute approximate surface area is 139 Å². The number of carbonyl (C=O) groups excluding carboxylic acids is 2. The first-order valence-corrected chi connectivity index (χ1v) is 7.56. The van der Waals surface area contributed by atoms with Crippen LogP contribution in [0.15, 0.2) is 30.4 Å². The number of rotatable bonds is 5. The number of hydrogen-bond donors (Lipinski definition) is 3. The molecule has 0 aliphatic heterocycles. The summed E-state index contributed by atoms with van der Waals surface area (Å²) in [6, 6.07) is 4.85. The summed E-state index contributed by atoms with van der Waals surface area (Å²) in [6.07, 6.45) is 4.29. The van der Waals surface area contributed by atoms with Crippen LogP contribution >= 0.6 is 0 Å². The van der Waals surface area contributed by atoms with Crippen molar-refractivity contribution in [2.24, 2.45) is 11.8 Å². The zero-order valence-electron chi connectivity index (χ0n) is 13.5. The van der Waals surface area contributed by atoms with Gasteiger partial charge < -0.3 is 20.5 Å². The molecule has 2 amide bonds. The fraction of sp³-hybridized carbons (Fsp3) is 0.353. The van der Waals surface area contributed by atoms with Crippen LogP contribution in [0.5, 0.6) is 5.75 Å². The smallest absolute Gasteiger partial charge is 0.307 e. The van der Waals surface area contributed by atoms with E-state index in [9.17, 15) is 19.5 Å². The topological polar surface area (TPSA) is 105 Å². The highest BCUT2D eigenvalue weighted by Gasteiger charge is 2.34. The molecule has 2 atom stereocenters. The third-order valence-corrected chi connectivity index (χ3v) is 3.86. The minimum absolute atomic E-state index is 0.235. The standard InChI is InChI=1S/C17H20N2O5/c1-10(20)18-11-7-8-15(24-2)14(9-11)19-16(21)12-5-3-4-6-13(12)17(22)23/h3-4,7-9,12-13H,5-6H2,1-2H3,(H,18,20)(H,19,21)(H,22,23). The first kappa shape index (κ1) is 17.5. The summed E-state index contributed by atoms with van der Waals surface area (Å²) in [4.78, 5) is 35.0. The molecular formula is C17H20N2O5. The summed E-state index contributed by atoms with van der Waals surface area (Å²) < 4.78 is 5.21. The Bertz CT molecular complexity index is 684. The second-order valence-electron chi connectivity index (χ2n) is 5.58. The van der Waals surface area contributed by atoms with Gasteiger partial charge in [-0.15, -0.1) is 0 Å². The van der Waals surface area contributed by atoms with Crippen LogP contribution in [0.1, 0.15) is 19.8 Å². The van der Waals surface area contributed by atoms with Gasteiger partial charge in [0.15, 0.2) is 0 Å². The number of nitrogens with one attached hydrogen (secondary N) is 2. The Morgan fingerprint density at radius 2 is 1.79 bits per heavy atom. The van der Waals surface area contributed by atoms with Crippen molar-refractivity contribution in [3.63, 3.8) is 0 Å². The number of allylic oxidation sites excluding steroid dienone is 2. The molecule has 1 aliphatic carbocycles. The minimum atomic E-state index is -0.988. The van der Waals surface area contributed by atoms with Crippen LogP contribution in [0.25, 0.3) is 0 Å². The lowest BCUT2D eigenvalue weighted by molar-refractivity contribution is -0.146. The SMILES string of the molecule is COc1ccc(NC(C)=O)cc1NC(=O)C1CC=CCC1C(=O)O. The molecule has 2 unspecified atom stereocenters. The number of amides is 2. The second-order valence-corrected chi connectivity index (χ2v) is 5.58. The molecule has 2 rings (SSSR count). The van der Waals surface area contributed by atoms with Crippen LogP contribution in [0.3, 0.4) is 0 Å². The number of hydrogen-bond acceptors (Lipinski definition) is 4. The van der Waals surface area contributed by atoms with Gasteiger partial charge in [-0.05, 0) is 31.0 Å². The number of methoxy groups -OCH3 is 1. The first-order valence-electron chi connectivity index (χ1n) is 7.56. The van der Waals surface area contributed by atoms with Crippen LogP contribution in [0.4, 0.5) is 11.4 Å². The molecule has 0 heterocycles. The van der Waals surface area contributed by atoms with Gasteiger partial charge in [0.2, 0.25) is 11.8 Å². The molecule has 1 aliphatic rings. The largest absolute Gasteiger partial charge is 0.495 e. The molecule has 7 heteroatoms. The van der Waals surface area contributed by atoms with Crippen molar-refractivity contribution < 1.29 is 24.2 Å². The molecular weight excluding hydrogens is 312 g/mol. The number of carbonyl (C=O) groups is 3. The van der Waals surface area contributed by atoms with E-state index in [4.69, 9.17) is 4.74 Å². The lowest BCUT2D eigenvalue weighted by Gasteiger charge is -2.24. The normalized spacial score (nSPS) is 19.4. The highest BCUT2D eigenvalue weighted by Crippen LogP contribution is 2.31. The van der Waals surface area contributed by atoms with Gasteiger partial charge in [-0.25, -0.2) is 0 Å². The Balaban J connectivity index is 2.22. The fourth-order valence-corrected chi connectivity index (χ4v) is 2.69. The molecule has 0 saturated carbocycles. The van der Waals surface area contributed by atoms with Crippen LogP contribution in [0.2, 0.25) is 0 Å². The van der Waals surface area contributed by atoms with E-state index >= 15 is 0 Å². The number of carboxylic acid groups (broad SMARTS) is 1. The van der Waals surface area contributed by atoms with Crippen molar-refractivity contribution in [2.45, 2.75) is 19.8 Å². The van der Waals surface area contributed by atoms with Gasteiger partial charge >= 0.3 is 5.97 Å². The highest BCUT2D eigenvalue weighted by molar-refractivity contribution is 5.98. The first-order chi connectivity index (χ1) is 11.4. The van der Waals surface area contributed by atoms with E-state index in [1.165, 1.54) is 14.0 Å². The molecule has 0 fully saturated rings. The summed E-state index contributed by atoms with van der Waals surface area (Å²) in [5.41, 5.74) is 0.893. The molecule has 0 aromatic heterocycles. The third kappa shape index (κ3) is 4.13.